The van der Waals surface area contributed by atoms with Gasteiger partial charge in [0.15, 0.2) is 11.6 Å². The van der Waals surface area contributed by atoms with E-state index in [1.54, 1.807) is 18.0 Å². The zero-order chi connectivity index (χ0) is 19.1. The summed E-state index contributed by atoms with van der Waals surface area (Å²) in [6.45, 7) is 5.96. The van der Waals surface area contributed by atoms with Crippen molar-refractivity contribution in [1.29, 1.82) is 0 Å². The minimum absolute atomic E-state index is 0.0127. The first-order valence-corrected chi connectivity index (χ1v) is 8.94. The molecular formula is C19H29FN2O4. The largest absolute Gasteiger partial charge is 0.494 e. The van der Waals surface area contributed by atoms with Gasteiger partial charge in [0.25, 0.3) is 0 Å². The number of carboxylic acid groups (broad SMARTS) is 1. The van der Waals surface area contributed by atoms with Crippen molar-refractivity contribution in [2.75, 3.05) is 53.5 Å². The number of aliphatic carboxylic acids is 1. The molecule has 1 aromatic carbocycles. The second-order valence-corrected chi connectivity index (χ2v) is 7.12. The molecule has 0 spiro atoms. The molecule has 0 aliphatic carbocycles. The molecule has 2 unspecified atom stereocenters. The highest BCUT2D eigenvalue weighted by molar-refractivity contribution is 5.69. The molecule has 1 N–H and O–H groups in total. The van der Waals surface area contributed by atoms with Crippen LogP contribution in [-0.2, 0) is 16.0 Å². The first-order chi connectivity index (χ1) is 12.4. The van der Waals surface area contributed by atoms with E-state index in [2.05, 4.69) is 11.8 Å². The summed E-state index contributed by atoms with van der Waals surface area (Å²) in [4.78, 5) is 14.9. The lowest BCUT2D eigenvalue weighted by atomic mass is 10.00. The third kappa shape index (κ3) is 6.55. The van der Waals surface area contributed by atoms with Crippen LogP contribution in [0.15, 0.2) is 18.2 Å². The number of carboxylic acids is 1. The molecule has 0 saturated carbocycles. The summed E-state index contributed by atoms with van der Waals surface area (Å²) in [6, 6.07) is 5.11. The molecule has 7 heteroatoms. The molecule has 2 rings (SSSR count). The van der Waals surface area contributed by atoms with Crippen LogP contribution in [-0.4, -0.2) is 80.5 Å². The van der Waals surface area contributed by atoms with Crippen molar-refractivity contribution < 1.29 is 23.8 Å². The molecule has 2 atom stereocenters. The van der Waals surface area contributed by atoms with Gasteiger partial charge in [0.1, 0.15) is 0 Å². The van der Waals surface area contributed by atoms with Gasteiger partial charge in [0, 0.05) is 26.2 Å². The summed E-state index contributed by atoms with van der Waals surface area (Å²) in [5.74, 6) is -0.521. The lowest BCUT2D eigenvalue weighted by Crippen LogP contribution is -2.48. The fourth-order valence-electron chi connectivity index (χ4n) is 3.44. The van der Waals surface area contributed by atoms with E-state index in [-0.39, 0.29) is 24.2 Å². The number of rotatable bonds is 9. The van der Waals surface area contributed by atoms with Crippen molar-refractivity contribution in [3.05, 3.63) is 29.6 Å². The summed E-state index contributed by atoms with van der Waals surface area (Å²) in [5.41, 5.74) is 0.960. The molecule has 1 aliphatic rings. The van der Waals surface area contributed by atoms with Gasteiger partial charge >= 0.3 is 5.97 Å². The number of morpholine rings is 1. The lowest BCUT2D eigenvalue weighted by molar-refractivity contribution is -0.138. The quantitative estimate of drug-likeness (QED) is 0.716. The fourth-order valence-corrected chi connectivity index (χ4v) is 3.44. The number of benzene rings is 1. The third-order valence-corrected chi connectivity index (χ3v) is 4.51. The Morgan fingerprint density at radius 2 is 2.31 bits per heavy atom. The van der Waals surface area contributed by atoms with Gasteiger partial charge in [-0.1, -0.05) is 13.0 Å². The standard InChI is InChI=1S/C19H29FN2O4/c1-14(8-15-4-5-18(25-3)17(20)9-15)10-22-6-7-26-16(12-22)11-21(2)13-19(23)24/h4-5,9,14,16H,6-8,10-13H2,1-3H3,(H,23,24). The van der Waals surface area contributed by atoms with Crippen LogP contribution in [0.4, 0.5) is 4.39 Å². The molecule has 0 radical (unpaired) electrons. The Bertz CT molecular complexity index is 599. The predicted octanol–water partition coefficient (Wildman–Crippen LogP) is 1.73. The van der Waals surface area contributed by atoms with Crippen molar-refractivity contribution in [2.45, 2.75) is 19.4 Å². The maximum Gasteiger partial charge on any atom is 0.317 e. The second-order valence-electron chi connectivity index (χ2n) is 7.12. The van der Waals surface area contributed by atoms with Crippen LogP contribution in [0, 0.1) is 11.7 Å². The molecule has 0 amide bonds. The highest BCUT2D eigenvalue weighted by atomic mass is 19.1. The summed E-state index contributed by atoms with van der Waals surface area (Å²) >= 11 is 0. The predicted molar refractivity (Wildman–Crippen MR) is 97.1 cm³/mol. The molecule has 0 bridgehead atoms. The number of hydrogen-bond donors (Lipinski definition) is 1. The number of ether oxygens (including phenoxy) is 2. The molecule has 0 aromatic heterocycles. The van der Waals surface area contributed by atoms with E-state index in [4.69, 9.17) is 14.6 Å². The van der Waals surface area contributed by atoms with E-state index >= 15 is 0 Å². The zero-order valence-electron chi connectivity index (χ0n) is 15.8. The van der Waals surface area contributed by atoms with E-state index in [9.17, 15) is 9.18 Å². The van der Waals surface area contributed by atoms with Crippen LogP contribution in [0.5, 0.6) is 5.75 Å². The summed E-state index contributed by atoms with van der Waals surface area (Å²) in [7, 11) is 3.25. The maximum atomic E-state index is 13.8. The number of methoxy groups -OCH3 is 1. The third-order valence-electron chi connectivity index (χ3n) is 4.51. The van der Waals surface area contributed by atoms with Gasteiger partial charge in [-0.05, 0) is 37.1 Å². The van der Waals surface area contributed by atoms with Gasteiger partial charge in [0.05, 0.1) is 26.4 Å². The Hall–Kier alpha value is -1.70. The summed E-state index contributed by atoms with van der Waals surface area (Å²) in [6.07, 6.45) is 0.806. The van der Waals surface area contributed by atoms with E-state index < -0.39 is 5.97 Å². The first-order valence-electron chi connectivity index (χ1n) is 8.94. The van der Waals surface area contributed by atoms with Crippen LogP contribution in [0.3, 0.4) is 0 Å². The van der Waals surface area contributed by atoms with E-state index in [0.29, 0.717) is 19.1 Å². The lowest BCUT2D eigenvalue weighted by Gasteiger charge is -2.35. The Morgan fingerprint density at radius 3 is 2.96 bits per heavy atom. The highest BCUT2D eigenvalue weighted by Gasteiger charge is 2.23. The molecule has 1 saturated heterocycles. The second kappa shape index (κ2) is 9.85. The molecule has 146 valence electrons. The van der Waals surface area contributed by atoms with Crippen molar-refractivity contribution in [3.63, 3.8) is 0 Å². The molecular weight excluding hydrogens is 339 g/mol. The summed E-state index contributed by atoms with van der Waals surface area (Å²) in [5, 5.41) is 8.85. The molecule has 26 heavy (non-hydrogen) atoms. The normalized spacial score (nSPS) is 19.5. The molecule has 6 nitrogen and oxygen atoms in total. The maximum absolute atomic E-state index is 13.8. The van der Waals surface area contributed by atoms with Crippen LogP contribution in [0.2, 0.25) is 0 Å². The first kappa shape index (κ1) is 20.6. The fraction of sp³-hybridized carbons (Fsp3) is 0.632. The average molecular weight is 368 g/mol. The van der Waals surface area contributed by atoms with E-state index in [1.165, 1.54) is 13.2 Å². The average Bonchev–Trinajstić information content (AvgIpc) is 2.54. The van der Waals surface area contributed by atoms with Crippen LogP contribution < -0.4 is 4.74 Å². The van der Waals surface area contributed by atoms with Crippen molar-refractivity contribution in [1.82, 2.24) is 9.80 Å². The van der Waals surface area contributed by atoms with Crippen LogP contribution >= 0.6 is 0 Å². The zero-order valence-corrected chi connectivity index (χ0v) is 15.8. The number of carbonyl (C=O) groups is 1. The number of nitrogens with zero attached hydrogens (tertiary/aromatic N) is 2. The Balaban J connectivity index is 1.81. The Kier molecular flexibility index (Phi) is 7.81. The number of halogens is 1. The van der Waals surface area contributed by atoms with Crippen molar-refractivity contribution >= 4 is 5.97 Å². The molecule has 1 fully saturated rings. The smallest absolute Gasteiger partial charge is 0.317 e. The van der Waals surface area contributed by atoms with E-state index in [0.717, 1.165) is 31.6 Å². The molecule has 1 heterocycles. The van der Waals surface area contributed by atoms with Crippen LogP contribution in [0.1, 0.15) is 12.5 Å². The van der Waals surface area contributed by atoms with Gasteiger partial charge in [-0.15, -0.1) is 0 Å². The monoisotopic (exact) mass is 368 g/mol. The van der Waals surface area contributed by atoms with E-state index in [1.807, 2.05) is 6.07 Å². The number of hydrogen-bond acceptors (Lipinski definition) is 5. The topological polar surface area (TPSA) is 62.2 Å². The van der Waals surface area contributed by atoms with Gasteiger partial charge in [-0.2, -0.15) is 0 Å². The molecule has 1 aliphatic heterocycles. The van der Waals surface area contributed by atoms with Crippen molar-refractivity contribution in [3.8, 4) is 5.75 Å². The summed E-state index contributed by atoms with van der Waals surface area (Å²) < 4.78 is 24.5. The van der Waals surface area contributed by atoms with Gasteiger partial charge < -0.3 is 14.6 Å². The minimum atomic E-state index is -0.833. The van der Waals surface area contributed by atoms with Crippen molar-refractivity contribution in [2.24, 2.45) is 5.92 Å². The Labute approximate surface area is 154 Å². The molecule has 1 aromatic rings. The minimum Gasteiger partial charge on any atom is -0.494 e. The Morgan fingerprint density at radius 1 is 1.54 bits per heavy atom. The van der Waals surface area contributed by atoms with Crippen LogP contribution in [0.25, 0.3) is 0 Å². The highest BCUT2D eigenvalue weighted by Crippen LogP contribution is 2.20. The van der Waals surface area contributed by atoms with Gasteiger partial charge in [-0.3, -0.25) is 14.6 Å². The number of likely N-dealkylation sites (N-methyl/N-ethyl adjacent to an activating group) is 1. The van der Waals surface area contributed by atoms with Gasteiger partial charge in [-0.25, -0.2) is 4.39 Å². The van der Waals surface area contributed by atoms with Gasteiger partial charge in [0.2, 0.25) is 0 Å². The SMILES string of the molecule is COc1ccc(CC(C)CN2CCOC(CN(C)CC(=O)O)C2)cc1F.